The largest absolute Gasteiger partial charge is 0.462 e. The number of aryl methyl sites for hydroxylation is 1. The summed E-state index contributed by atoms with van der Waals surface area (Å²) in [6.45, 7) is 5.74. The lowest BCUT2D eigenvalue weighted by molar-refractivity contribution is 0.0527. The Morgan fingerprint density at radius 1 is 1.45 bits per heavy atom. The highest BCUT2D eigenvalue weighted by Gasteiger charge is 2.15. The smallest absolute Gasteiger partial charge is 0.340 e. The minimum Gasteiger partial charge on any atom is -0.462 e. The van der Waals surface area contributed by atoms with Gasteiger partial charge in [0, 0.05) is 5.69 Å². The lowest BCUT2D eigenvalue weighted by Crippen LogP contribution is -2.10. The summed E-state index contributed by atoms with van der Waals surface area (Å²) in [7, 11) is 0. The predicted octanol–water partition coefficient (Wildman–Crippen LogP) is 2.90. The first-order valence-corrected chi connectivity index (χ1v) is 6.62. The fourth-order valence-electron chi connectivity index (χ4n) is 1.94. The fraction of sp³-hybridized carbons (Fsp3) is 0.286. The number of nitrogens with two attached hydrogens (primary N) is 1. The van der Waals surface area contributed by atoms with Gasteiger partial charge in [-0.3, -0.25) is 0 Å². The van der Waals surface area contributed by atoms with Gasteiger partial charge in [-0.25, -0.2) is 9.48 Å². The van der Waals surface area contributed by atoms with Crippen molar-refractivity contribution in [2.45, 2.75) is 20.8 Å². The number of halogens is 1. The van der Waals surface area contributed by atoms with Crippen molar-refractivity contribution in [3.8, 4) is 5.69 Å². The quantitative estimate of drug-likeness (QED) is 0.698. The lowest BCUT2D eigenvalue weighted by atomic mass is 10.1. The molecule has 0 saturated carbocycles. The molecule has 2 rings (SSSR count). The van der Waals surface area contributed by atoms with Crippen LogP contribution in [0.5, 0.6) is 0 Å². The first kappa shape index (κ1) is 14.4. The summed E-state index contributed by atoms with van der Waals surface area (Å²) in [5.74, 6) is -0.445. The van der Waals surface area contributed by atoms with Crippen LogP contribution in [0.4, 0.5) is 5.69 Å². The number of nitrogens with zero attached hydrogens (tertiary/aromatic N) is 2. The van der Waals surface area contributed by atoms with Gasteiger partial charge in [-0.15, -0.1) is 0 Å². The van der Waals surface area contributed by atoms with E-state index in [9.17, 15) is 4.79 Å². The maximum Gasteiger partial charge on any atom is 0.340 e. The molecule has 0 bridgehead atoms. The van der Waals surface area contributed by atoms with E-state index < -0.39 is 5.97 Å². The van der Waals surface area contributed by atoms with Crippen LogP contribution in [0.25, 0.3) is 5.69 Å². The van der Waals surface area contributed by atoms with Crippen molar-refractivity contribution in [2.75, 3.05) is 12.3 Å². The van der Waals surface area contributed by atoms with Crippen LogP contribution in [0.2, 0.25) is 5.02 Å². The number of anilines is 1. The zero-order valence-electron chi connectivity index (χ0n) is 11.6. The summed E-state index contributed by atoms with van der Waals surface area (Å²) in [6, 6.07) is 5.10. The molecule has 0 aliphatic carbocycles. The van der Waals surface area contributed by atoms with Crippen LogP contribution in [-0.2, 0) is 4.74 Å². The topological polar surface area (TPSA) is 70.1 Å². The average molecular weight is 294 g/mol. The fourth-order valence-corrected chi connectivity index (χ4v) is 2.05. The number of hydrogen-bond donors (Lipinski definition) is 1. The lowest BCUT2D eigenvalue weighted by Gasteiger charge is -2.09. The number of benzene rings is 1. The van der Waals surface area contributed by atoms with Crippen molar-refractivity contribution < 1.29 is 9.53 Å². The molecule has 2 N–H and O–H groups in total. The van der Waals surface area contributed by atoms with Gasteiger partial charge in [0.1, 0.15) is 0 Å². The van der Waals surface area contributed by atoms with E-state index in [1.54, 1.807) is 29.8 Å². The molecule has 0 radical (unpaired) electrons. The first-order valence-electron chi connectivity index (χ1n) is 6.24. The van der Waals surface area contributed by atoms with Crippen molar-refractivity contribution in [1.82, 2.24) is 9.78 Å². The summed E-state index contributed by atoms with van der Waals surface area (Å²) in [4.78, 5) is 11.8. The third-order valence-electron chi connectivity index (χ3n) is 2.98. The molecule has 20 heavy (non-hydrogen) atoms. The van der Waals surface area contributed by atoms with E-state index in [4.69, 9.17) is 22.1 Å². The van der Waals surface area contributed by atoms with Gasteiger partial charge in [0.05, 0.1) is 34.3 Å². The van der Waals surface area contributed by atoms with E-state index in [1.165, 1.54) is 0 Å². The number of carbonyl (C=O) groups excluding carboxylic acids is 1. The van der Waals surface area contributed by atoms with Crippen molar-refractivity contribution in [2.24, 2.45) is 0 Å². The summed E-state index contributed by atoms with van der Waals surface area (Å²) < 4.78 is 6.66. The van der Waals surface area contributed by atoms with Crippen LogP contribution in [0.3, 0.4) is 0 Å². The Morgan fingerprint density at radius 2 is 2.15 bits per heavy atom. The van der Waals surface area contributed by atoms with Gasteiger partial charge in [-0.1, -0.05) is 11.6 Å². The Hall–Kier alpha value is -2.01. The SMILES string of the molecule is CCOC(=O)c1cc(-n2nc(C)c(Cl)c2C)ccc1N. The summed E-state index contributed by atoms with van der Waals surface area (Å²) in [5.41, 5.74) is 8.78. The molecule has 0 saturated heterocycles. The molecule has 6 heteroatoms. The van der Waals surface area contributed by atoms with E-state index in [0.717, 1.165) is 17.1 Å². The van der Waals surface area contributed by atoms with Crippen molar-refractivity contribution in [3.63, 3.8) is 0 Å². The Kier molecular flexibility index (Phi) is 3.99. The molecule has 0 unspecified atom stereocenters. The summed E-state index contributed by atoms with van der Waals surface area (Å²) in [5, 5.41) is 4.96. The van der Waals surface area contributed by atoms with Crippen molar-refractivity contribution >= 4 is 23.3 Å². The molecule has 0 fully saturated rings. The number of nitrogen functional groups attached to an aromatic ring is 1. The Morgan fingerprint density at radius 3 is 2.70 bits per heavy atom. The van der Waals surface area contributed by atoms with Gasteiger partial charge in [-0.2, -0.15) is 5.10 Å². The second-order valence-electron chi connectivity index (χ2n) is 4.39. The Labute approximate surface area is 122 Å². The molecule has 1 heterocycles. The average Bonchev–Trinajstić information content (AvgIpc) is 2.67. The molecular weight excluding hydrogens is 278 g/mol. The maximum absolute atomic E-state index is 11.8. The molecule has 106 valence electrons. The number of carbonyl (C=O) groups is 1. The molecule has 2 aromatic rings. The maximum atomic E-state index is 11.8. The first-order chi connectivity index (χ1) is 9.45. The molecule has 0 atom stereocenters. The van der Waals surface area contributed by atoms with E-state index in [2.05, 4.69) is 5.10 Å². The molecule has 1 aromatic heterocycles. The number of rotatable bonds is 3. The van der Waals surface area contributed by atoms with Gasteiger partial charge >= 0.3 is 5.97 Å². The minimum atomic E-state index is -0.445. The van der Waals surface area contributed by atoms with E-state index in [0.29, 0.717) is 22.9 Å². The number of esters is 1. The van der Waals surface area contributed by atoms with E-state index in [-0.39, 0.29) is 0 Å². The predicted molar refractivity (Wildman–Crippen MR) is 78.4 cm³/mol. The molecular formula is C14H16ClN3O2. The zero-order chi connectivity index (χ0) is 14.9. The van der Waals surface area contributed by atoms with Gasteiger partial charge in [0.25, 0.3) is 0 Å². The molecule has 0 aliphatic rings. The third-order valence-corrected chi connectivity index (χ3v) is 3.53. The van der Waals surface area contributed by atoms with E-state index in [1.807, 2.05) is 13.8 Å². The second kappa shape index (κ2) is 5.54. The minimum absolute atomic E-state index is 0.300. The highest BCUT2D eigenvalue weighted by molar-refractivity contribution is 6.31. The van der Waals surface area contributed by atoms with Gasteiger partial charge in [0.2, 0.25) is 0 Å². The standard InChI is InChI=1S/C14H16ClN3O2/c1-4-20-14(19)11-7-10(5-6-12(11)16)18-9(3)13(15)8(2)17-18/h5-7H,4,16H2,1-3H3. The highest BCUT2D eigenvalue weighted by Crippen LogP contribution is 2.24. The van der Waals surface area contributed by atoms with E-state index >= 15 is 0 Å². The zero-order valence-corrected chi connectivity index (χ0v) is 12.4. The summed E-state index contributed by atoms with van der Waals surface area (Å²) >= 11 is 6.13. The summed E-state index contributed by atoms with van der Waals surface area (Å²) in [6.07, 6.45) is 0. The Bertz CT molecular complexity index is 665. The number of hydrogen-bond acceptors (Lipinski definition) is 4. The van der Waals surface area contributed by atoms with Gasteiger partial charge < -0.3 is 10.5 Å². The van der Waals surface area contributed by atoms with Crippen LogP contribution in [0, 0.1) is 13.8 Å². The normalized spacial score (nSPS) is 10.6. The van der Waals surface area contributed by atoms with Crippen molar-refractivity contribution in [1.29, 1.82) is 0 Å². The third kappa shape index (κ3) is 2.49. The van der Waals surface area contributed by atoms with Crippen molar-refractivity contribution in [3.05, 3.63) is 40.2 Å². The molecule has 5 nitrogen and oxygen atoms in total. The monoisotopic (exact) mass is 293 g/mol. The Balaban J connectivity index is 2.51. The van der Waals surface area contributed by atoms with Crippen LogP contribution in [0.15, 0.2) is 18.2 Å². The van der Waals surface area contributed by atoms with Gasteiger partial charge in [-0.05, 0) is 39.0 Å². The molecule has 0 aliphatic heterocycles. The van der Waals surface area contributed by atoms with Crippen LogP contribution < -0.4 is 5.73 Å². The highest BCUT2D eigenvalue weighted by atomic mass is 35.5. The van der Waals surface area contributed by atoms with Crippen LogP contribution in [-0.4, -0.2) is 22.4 Å². The molecule has 0 amide bonds. The molecule has 1 aromatic carbocycles. The number of aromatic nitrogens is 2. The molecule has 0 spiro atoms. The van der Waals surface area contributed by atoms with Gasteiger partial charge in [0.15, 0.2) is 0 Å². The van der Waals surface area contributed by atoms with Crippen LogP contribution >= 0.6 is 11.6 Å². The second-order valence-corrected chi connectivity index (χ2v) is 4.77. The number of ether oxygens (including phenoxy) is 1. The van der Waals surface area contributed by atoms with Crippen LogP contribution in [0.1, 0.15) is 28.7 Å².